The first-order valence-corrected chi connectivity index (χ1v) is 6.15. The van der Waals surface area contributed by atoms with Crippen LogP contribution in [0.1, 0.15) is 20.3 Å². The Labute approximate surface area is 111 Å². The second-order valence-corrected chi connectivity index (χ2v) is 4.68. The lowest BCUT2D eigenvalue weighted by atomic mass is 10.1. The molecule has 0 fully saturated rings. The van der Waals surface area contributed by atoms with Crippen LogP contribution in [0.5, 0.6) is 0 Å². The highest BCUT2D eigenvalue weighted by Crippen LogP contribution is 2.15. The van der Waals surface area contributed by atoms with Gasteiger partial charge in [0, 0.05) is 6.04 Å². The van der Waals surface area contributed by atoms with Crippen LogP contribution in [0.4, 0.5) is 4.79 Å². The van der Waals surface area contributed by atoms with Crippen molar-refractivity contribution in [2.45, 2.75) is 44.6 Å². The fraction of sp³-hybridized carbons (Fsp3) is 0.667. The number of nitrogens with one attached hydrogen (secondary N) is 2. The van der Waals surface area contributed by atoms with Gasteiger partial charge in [-0.1, -0.05) is 12.2 Å². The molecule has 7 nitrogen and oxygen atoms in total. The number of hydrogen-bond acceptors (Lipinski definition) is 4. The van der Waals surface area contributed by atoms with Gasteiger partial charge >= 0.3 is 12.0 Å². The van der Waals surface area contributed by atoms with Crippen LogP contribution >= 0.6 is 0 Å². The molecule has 1 heterocycles. The fourth-order valence-electron chi connectivity index (χ4n) is 1.76. The molecular formula is C12H20N2O5. The van der Waals surface area contributed by atoms with Crippen LogP contribution in [0.15, 0.2) is 12.2 Å². The number of carboxylic acids is 1. The van der Waals surface area contributed by atoms with Gasteiger partial charge in [-0.15, -0.1) is 0 Å². The minimum absolute atomic E-state index is 0.000763. The number of carbonyl (C=O) groups excluding carboxylic acids is 1. The summed E-state index contributed by atoms with van der Waals surface area (Å²) in [4.78, 5) is 22.1. The Hall–Kier alpha value is -1.60. The van der Waals surface area contributed by atoms with Gasteiger partial charge in [-0.2, -0.15) is 0 Å². The molecule has 7 heteroatoms. The number of ether oxygens (including phenoxy) is 1. The molecule has 2 amide bonds. The largest absolute Gasteiger partial charge is 0.481 e. The van der Waals surface area contributed by atoms with Crippen LogP contribution in [-0.4, -0.2) is 53.1 Å². The van der Waals surface area contributed by atoms with Crippen molar-refractivity contribution in [3.63, 3.8) is 0 Å². The van der Waals surface area contributed by atoms with Gasteiger partial charge in [0.05, 0.1) is 25.2 Å². The van der Waals surface area contributed by atoms with Crippen LogP contribution < -0.4 is 10.6 Å². The van der Waals surface area contributed by atoms with Crippen molar-refractivity contribution in [3.8, 4) is 0 Å². The van der Waals surface area contributed by atoms with E-state index < -0.39 is 24.2 Å². The standard InChI is InChI=1S/C12H20N2O5/c1-7(2)13-12(18)14-9-4-3-8(5-11(16)17)19-10(9)6-15/h3-4,7-10,15H,5-6H2,1-2H3,(H,16,17)(H2,13,14,18)/t8-,9+,10+/m1/s1. The summed E-state index contributed by atoms with van der Waals surface area (Å²) in [5.74, 6) is -0.977. The average Bonchev–Trinajstić information content (AvgIpc) is 2.29. The normalized spacial score (nSPS) is 26.2. The SMILES string of the molecule is CC(C)NC(=O)N[C@H]1C=C[C@H](CC(=O)O)O[C@H]1CO. The van der Waals surface area contributed by atoms with E-state index in [1.54, 1.807) is 12.2 Å². The van der Waals surface area contributed by atoms with Gasteiger partial charge < -0.3 is 25.6 Å². The number of hydrogen-bond donors (Lipinski definition) is 4. The van der Waals surface area contributed by atoms with E-state index in [-0.39, 0.29) is 25.1 Å². The molecule has 0 spiro atoms. The van der Waals surface area contributed by atoms with Crippen LogP contribution in [-0.2, 0) is 9.53 Å². The molecule has 0 aliphatic carbocycles. The third-order valence-corrected chi connectivity index (χ3v) is 2.56. The maximum atomic E-state index is 11.6. The van der Waals surface area contributed by atoms with Crippen molar-refractivity contribution < 1.29 is 24.5 Å². The Balaban J connectivity index is 2.58. The Kier molecular flexibility index (Phi) is 5.78. The molecule has 1 rings (SSSR count). The van der Waals surface area contributed by atoms with E-state index in [0.29, 0.717) is 0 Å². The van der Waals surface area contributed by atoms with E-state index in [1.165, 1.54) is 0 Å². The Bertz CT molecular complexity index is 356. The maximum Gasteiger partial charge on any atom is 0.315 e. The number of aliphatic carboxylic acids is 1. The first-order valence-electron chi connectivity index (χ1n) is 6.15. The highest BCUT2D eigenvalue weighted by atomic mass is 16.5. The molecule has 0 aromatic heterocycles. The van der Waals surface area contributed by atoms with Crippen LogP contribution in [0, 0.1) is 0 Å². The third-order valence-electron chi connectivity index (χ3n) is 2.56. The van der Waals surface area contributed by atoms with Crippen LogP contribution in [0.2, 0.25) is 0 Å². The first-order chi connectivity index (χ1) is 8.92. The van der Waals surface area contributed by atoms with Crippen molar-refractivity contribution in [2.24, 2.45) is 0 Å². The molecule has 19 heavy (non-hydrogen) atoms. The summed E-state index contributed by atoms with van der Waals surface area (Å²) in [6, 6.07) is -0.835. The lowest BCUT2D eigenvalue weighted by Gasteiger charge is -2.31. The van der Waals surface area contributed by atoms with Gasteiger partial charge in [0.15, 0.2) is 0 Å². The summed E-state index contributed by atoms with van der Waals surface area (Å²) < 4.78 is 5.40. The number of amides is 2. The second-order valence-electron chi connectivity index (χ2n) is 4.68. The van der Waals surface area contributed by atoms with E-state index >= 15 is 0 Å². The van der Waals surface area contributed by atoms with Crippen molar-refractivity contribution in [3.05, 3.63) is 12.2 Å². The number of carbonyl (C=O) groups is 2. The van der Waals surface area contributed by atoms with E-state index in [4.69, 9.17) is 9.84 Å². The molecule has 0 bridgehead atoms. The van der Waals surface area contributed by atoms with Crippen molar-refractivity contribution in [1.82, 2.24) is 10.6 Å². The number of aliphatic hydroxyl groups excluding tert-OH is 1. The fourth-order valence-corrected chi connectivity index (χ4v) is 1.76. The van der Waals surface area contributed by atoms with Crippen LogP contribution in [0.25, 0.3) is 0 Å². The smallest absolute Gasteiger partial charge is 0.315 e. The van der Waals surface area contributed by atoms with Gasteiger partial charge in [0.1, 0.15) is 6.10 Å². The van der Waals surface area contributed by atoms with Crippen LogP contribution in [0.3, 0.4) is 0 Å². The quantitative estimate of drug-likeness (QED) is 0.521. The summed E-state index contributed by atoms with van der Waals surface area (Å²) >= 11 is 0. The highest BCUT2D eigenvalue weighted by Gasteiger charge is 2.28. The zero-order valence-electron chi connectivity index (χ0n) is 11.0. The molecule has 0 aromatic rings. The molecule has 0 radical (unpaired) electrons. The molecule has 4 N–H and O–H groups in total. The number of carboxylic acid groups (broad SMARTS) is 1. The lowest BCUT2D eigenvalue weighted by Crippen LogP contribution is -2.52. The molecule has 0 aromatic carbocycles. The molecule has 0 saturated carbocycles. The monoisotopic (exact) mass is 272 g/mol. The summed E-state index contributed by atoms with van der Waals surface area (Å²) in [6.07, 6.45) is 1.84. The second kappa shape index (κ2) is 7.10. The minimum Gasteiger partial charge on any atom is -0.481 e. The average molecular weight is 272 g/mol. The number of urea groups is 1. The van der Waals surface area contributed by atoms with Crippen molar-refractivity contribution >= 4 is 12.0 Å². The van der Waals surface area contributed by atoms with Gasteiger partial charge in [0.2, 0.25) is 0 Å². The Morgan fingerprint density at radius 1 is 1.37 bits per heavy atom. The summed E-state index contributed by atoms with van der Waals surface area (Å²) in [7, 11) is 0. The zero-order valence-corrected chi connectivity index (χ0v) is 11.0. The van der Waals surface area contributed by atoms with Gasteiger partial charge in [0.25, 0.3) is 0 Å². The molecule has 0 unspecified atom stereocenters. The molecule has 1 aliphatic heterocycles. The van der Waals surface area contributed by atoms with Crippen molar-refractivity contribution in [2.75, 3.05) is 6.61 Å². The zero-order chi connectivity index (χ0) is 14.4. The predicted molar refractivity (Wildman–Crippen MR) is 67.7 cm³/mol. The topological polar surface area (TPSA) is 108 Å². The minimum atomic E-state index is -0.977. The molecular weight excluding hydrogens is 252 g/mol. The lowest BCUT2D eigenvalue weighted by molar-refractivity contribution is -0.141. The van der Waals surface area contributed by atoms with E-state index in [2.05, 4.69) is 10.6 Å². The summed E-state index contributed by atoms with van der Waals surface area (Å²) in [5, 5.41) is 23.2. The molecule has 0 saturated heterocycles. The Morgan fingerprint density at radius 2 is 2.05 bits per heavy atom. The van der Waals surface area contributed by atoms with E-state index in [9.17, 15) is 14.7 Å². The molecule has 1 aliphatic rings. The summed E-state index contributed by atoms with van der Waals surface area (Å²) in [5.41, 5.74) is 0. The summed E-state index contributed by atoms with van der Waals surface area (Å²) in [6.45, 7) is 3.37. The molecule has 3 atom stereocenters. The highest BCUT2D eigenvalue weighted by molar-refractivity contribution is 5.74. The van der Waals surface area contributed by atoms with Crippen molar-refractivity contribution in [1.29, 1.82) is 0 Å². The van der Waals surface area contributed by atoms with Gasteiger partial charge in [-0.3, -0.25) is 4.79 Å². The van der Waals surface area contributed by atoms with E-state index in [0.717, 1.165) is 0 Å². The number of aliphatic hydroxyl groups is 1. The Morgan fingerprint density at radius 3 is 2.58 bits per heavy atom. The van der Waals surface area contributed by atoms with E-state index in [1.807, 2.05) is 13.8 Å². The van der Waals surface area contributed by atoms with Gasteiger partial charge in [-0.05, 0) is 13.8 Å². The maximum absolute atomic E-state index is 11.6. The predicted octanol–water partition coefficient (Wildman–Crippen LogP) is -0.147. The number of rotatable bonds is 5. The third kappa shape index (κ3) is 5.27. The molecule has 108 valence electrons. The first kappa shape index (κ1) is 15.5. The van der Waals surface area contributed by atoms with Gasteiger partial charge in [-0.25, -0.2) is 4.79 Å².